The van der Waals surface area contributed by atoms with Crippen LogP contribution in [0.2, 0.25) is 0 Å². The molecule has 0 aliphatic carbocycles. The highest BCUT2D eigenvalue weighted by Gasteiger charge is 2.44. The molecule has 0 spiro atoms. The molecule has 1 amide bonds. The topological polar surface area (TPSA) is 50.2 Å². The zero-order valence-electron chi connectivity index (χ0n) is 14.2. The molecule has 1 atom stereocenters. The lowest BCUT2D eigenvalue weighted by Crippen LogP contribution is -2.58. The number of β-lactam (4-membered cyclic amide) rings is 1. The van der Waals surface area contributed by atoms with Gasteiger partial charge in [0.15, 0.2) is 0 Å². The van der Waals surface area contributed by atoms with Crippen molar-refractivity contribution in [3.05, 3.63) is 42.2 Å². The quantitative estimate of drug-likeness (QED) is 0.864. The smallest absolute Gasteiger partial charge is 0.234 e. The standard InChI is InChI=1S/C18H24N4O/c1-13(8-14-10-19-21(4)11-14)20-15-6-5-7-16(9-15)22-12-18(2,3)17(22)23/h5-7,9-11,13,20H,8,12H2,1-4H3. The van der Waals surface area contributed by atoms with Gasteiger partial charge in [-0.2, -0.15) is 5.10 Å². The predicted molar refractivity (Wildman–Crippen MR) is 92.6 cm³/mol. The molecule has 1 unspecified atom stereocenters. The minimum atomic E-state index is -0.225. The summed E-state index contributed by atoms with van der Waals surface area (Å²) in [6.07, 6.45) is 4.85. The zero-order valence-corrected chi connectivity index (χ0v) is 14.2. The summed E-state index contributed by atoms with van der Waals surface area (Å²) in [7, 11) is 1.93. The molecule has 3 rings (SSSR count). The van der Waals surface area contributed by atoms with Gasteiger partial charge in [0.1, 0.15) is 0 Å². The third-order valence-corrected chi connectivity index (χ3v) is 4.25. The molecular weight excluding hydrogens is 288 g/mol. The number of hydrogen-bond acceptors (Lipinski definition) is 3. The summed E-state index contributed by atoms with van der Waals surface area (Å²) in [5.74, 6) is 0.193. The lowest BCUT2D eigenvalue weighted by atomic mass is 9.83. The van der Waals surface area contributed by atoms with Crippen LogP contribution in [0.4, 0.5) is 11.4 Å². The van der Waals surface area contributed by atoms with Crippen molar-refractivity contribution in [2.45, 2.75) is 33.2 Å². The van der Waals surface area contributed by atoms with E-state index in [9.17, 15) is 4.79 Å². The Labute approximate surface area is 137 Å². The fraction of sp³-hybridized carbons (Fsp3) is 0.444. The molecule has 5 nitrogen and oxygen atoms in total. The number of nitrogens with zero attached hydrogens (tertiary/aromatic N) is 3. The predicted octanol–water partition coefficient (Wildman–Crippen LogP) is 2.84. The van der Waals surface area contributed by atoms with Crippen LogP contribution in [0.1, 0.15) is 26.3 Å². The summed E-state index contributed by atoms with van der Waals surface area (Å²) in [4.78, 5) is 14.0. The fourth-order valence-corrected chi connectivity index (χ4v) is 3.05. The summed E-state index contributed by atoms with van der Waals surface area (Å²) >= 11 is 0. The second kappa shape index (κ2) is 5.72. The Morgan fingerprint density at radius 3 is 2.78 bits per heavy atom. The van der Waals surface area contributed by atoms with E-state index in [-0.39, 0.29) is 17.4 Å². The molecule has 1 aromatic carbocycles. The van der Waals surface area contributed by atoms with Crippen molar-refractivity contribution in [2.75, 3.05) is 16.8 Å². The maximum atomic E-state index is 12.2. The second-order valence-corrected chi connectivity index (χ2v) is 7.10. The molecule has 1 N–H and O–H groups in total. The number of carbonyl (C=O) groups is 1. The van der Waals surface area contributed by atoms with E-state index < -0.39 is 0 Å². The number of aromatic nitrogens is 2. The number of aryl methyl sites for hydroxylation is 1. The third-order valence-electron chi connectivity index (χ3n) is 4.25. The highest BCUT2D eigenvalue weighted by molar-refractivity contribution is 6.04. The van der Waals surface area contributed by atoms with E-state index in [1.54, 1.807) is 0 Å². The van der Waals surface area contributed by atoms with Gasteiger partial charge in [-0.25, -0.2) is 0 Å². The molecule has 122 valence electrons. The summed E-state index contributed by atoms with van der Waals surface area (Å²) < 4.78 is 1.82. The van der Waals surface area contributed by atoms with E-state index in [4.69, 9.17) is 0 Å². The van der Waals surface area contributed by atoms with Crippen molar-refractivity contribution in [3.8, 4) is 0 Å². The molecule has 1 aliphatic rings. The monoisotopic (exact) mass is 312 g/mol. The van der Waals surface area contributed by atoms with Gasteiger partial charge in [0, 0.05) is 37.2 Å². The molecule has 5 heteroatoms. The fourth-order valence-electron chi connectivity index (χ4n) is 3.05. The molecule has 1 fully saturated rings. The second-order valence-electron chi connectivity index (χ2n) is 7.10. The number of benzene rings is 1. The number of rotatable bonds is 5. The summed E-state index contributed by atoms with van der Waals surface area (Å²) in [6, 6.07) is 8.36. The first kappa shape index (κ1) is 15.6. The third kappa shape index (κ3) is 3.23. The van der Waals surface area contributed by atoms with Crippen molar-refractivity contribution < 1.29 is 4.79 Å². The van der Waals surface area contributed by atoms with Gasteiger partial charge >= 0.3 is 0 Å². The first-order valence-electron chi connectivity index (χ1n) is 8.01. The highest BCUT2D eigenvalue weighted by Crippen LogP contribution is 2.35. The number of nitrogens with one attached hydrogen (secondary N) is 1. The Bertz CT molecular complexity index is 719. The van der Waals surface area contributed by atoms with Crippen molar-refractivity contribution in [1.29, 1.82) is 0 Å². The first-order valence-corrected chi connectivity index (χ1v) is 8.01. The van der Waals surface area contributed by atoms with Crippen molar-refractivity contribution in [2.24, 2.45) is 12.5 Å². The van der Waals surface area contributed by atoms with E-state index in [1.807, 2.05) is 67.1 Å². The van der Waals surface area contributed by atoms with Crippen LogP contribution in [0, 0.1) is 5.41 Å². The van der Waals surface area contributed by atoms with Crippen LogP contribution in [0.15, 0.2) is 36.7 Å². The van der Waals surface area contributed by atoms with E-state index in [0.717, 1.165) is 24.3 Å². The van der Waals surface area contributed by atoms with Gasteiger partial charge in [-0.1, -0.05) is 6.07 Å². The number of anilines is 2. The molecule has 1 aromatic heterocycles. The van der Waals surface area contributed by atoms with Crippen LogP contribution in [-0.2, 0) is 18.3 Å². The molecule has 0 saturated carbocycles. The van der Waals surface area contributed by atoms with Gasteiger partial charge in [0.25, 0.3) is 0 Å². The van der Waals surface area contributed by atoms with Crippen LogP contribution in [0.25, 0.3) is 0 Å². The average molecular weight is 312 g/mol. The normalized spacial score (nSPS) is 17.7. The van der Waals surface area contributed by atoms with Crippen LogP contribution < -0.4 is 10.2 Å². The maximum absolute atomic E-state index is 12.2. The van der Waals surface area contributed by atoms with E-state index in [2.05, 4.69) is 17.3 Å². The van der Waals surface area contributed by atoms with Crippen LogP contribution in [0.5, 0.6) is 0 Å². The Morgan fingerprint density at radius 1 is 1.39 bits per heavy atom. The highest BCUT2D eigenvalue weighted by atomic mass is 16.2. The average Bonchev–Trinajstić information content (AvgIpc) is 2.89. The summed E-state index contributed by atoms with van der Waals surface area (Å²) in [5, 5.41) is 7.70. The SMILES string of the molecule is CC(Cc1cnn(C)c1)Nc1cccc(N2CC(C)(C)C2=O)c1. The maximum Gasteiger partial charge on any atom is 0.234 e. The molecule has 1 aliphatic heterocycles. The Balaban J connectivity index is 1.65. The van der Waals surface area contributed by atoms with Crippen molar-refractivity contribution in [1.82, 2.24) is 9.78 Å². The summed E-state index contributed by atoms with van der Waals surface area (Å²) in [5.41, 5.74) is 2.99. The zero-order chi connectivity index (χ0) is 16.6. The van der Waals surface area contributed by atoms with Crippen LogP contribution >= 0.6 is 0 Å². The van der Waals surface area contributed by atoms with E-state index >= 15 is 0 Å². The van der Waals surface area contributed by atoms with Crippen LogP contribution in [0.3, 0.4) is 0 Å². The van der Waals surface area contributed by atoms with E-state index in [1.165, 1.54) is 5.56 Å². The minimum Gasteiger partial charge on any atom is -0.382 e. The van der Waals surface area contributed by atoms with Gasteiger partial charge in [-0.3, -0.25) is 9.48 Å². The molecule has 23 heavy (non-hydrogen) atoms. The lowest BCUT2D eigenvalue weighted by Gasteiger charge is -2.44. The molecule has 1 saturated heterocycles. The van der Waals surface area contributed by atoms with Gasteiger partial charge in [-0.15, -0.1) is 0 Å². The molecule has 0 bridgehead atoms. The van der Waals surface area contributed by atoms with Crippen molar-refractivity contribution in [3.63, 3.8) is 0 Å². The Kier molecular flexibility index (Phi) is 3.88. The van der Waals surface area contributed by atoms with Crippen LogP contribution in [-0.4, -0.2) is 28.3 Å². The van der Waals surface area contributed by atoms with Gasteiger partial charge < -0.3 is 10.2 Å². The Hall–Kier alpha value is -2.30. The van der Waals surface area contributed by atoms with Gasteiger partial charge in [0.2, 0.25) is 5.91 Å². The number of hydrogen-bond donors (Lipinski definition) is 1. The first-order chi connectivity index (χ1) is 10.8. The molecule has 2 heterocycles. The lowest BCUT2D eigenvalue weighted by molar-refractivity contribution is -0.132. The number of amides is 1. The molecular formula is C18H24N4O. The van der Waals surface area contributed by atoms with Gasteiger partial charge in [-0.05, 0) is 51.0 Å². The Morgan fingerprint density at radius 2 is 2.17 bits per heavy atom. The number of carbonyl (C=O) groups excluding carboxylic acids is 1. The van der Waals surface area contributed by atoms with Crippen molar-refractivity contribution >= 4 is 17.3 Å². The minimum absolute atomic E-state index is 0.193. The van der Waals surface area contributed by atoms with Gasteiger partial charge in [0.05, 0.1) is 11.6 Å². The molecule has 0 radical (unpaired) electrons. The summed E-state index contributed by atoms with van der Waals surface area (Å²) in [6.45, 7) is 6.91. The largest absolute Gasteiger partial charge is 0.382 e. The van der Waals surface area contributed by atoms with E-state index in [0.29, 0.717) is 0 Å². The molecule has 2 aromatic rings.